The first kappa shape index (κ1) is 55.7. The molecular weight excluding hydrogens is 921 g/mol. The largest absolute Gasteiger partial charge is 0.456 e. The van der Waals surface area contributed by atoms with E-state index in [1.165, 1.54) is 23.3 Å². The first-order valence-corrected chi connectivity index (χ1v) is 26.4. The van der Waals surface area contributed by atoms with Gasteiger partial charge in [-0.3, -0.25) is 0 Å². The zero-order valence-electron chi connectivity index (χ0n) is 42.3. The van der Waals surface area contributed by atoms with Crippen LogP contribution in [0.5, 0.6) is 0 Å². The number of ether oxygens (including phenoxy) is 8. The maximum absolute atomic E-state index is 12.6. The lowest BCUT2D eigenvalue weighted by Crippen LogP contribution is -2.32. The van der Waals surface area contributed by atoms with Crippen LogP contribution in [0.2, 0.25) is 0 Å². The molecule has 0 aromatic rings. The van der Waals surface area contributed by atoms with E-state index >= 15 is 0 Å². The minimum Gasteiger partial charge on any atom is -0.456 e. The van der Waals surface area contributed by atoms with Gasteiger partial charge in [0.25, 0.3) is 0 Å². The molecule has 0 aromatic heterocycles. The van der Waals surface area contributed by atoms with Gasteiger partial charge in [0.05, 0.1) is 74.3 Å². The number of hydrogen-bond donors (Lipinski definition) is 4. The highest BCUT2D eigenvalue weighted by atomic mass is 16.6. The van der Waals surface area contributed by atoms with Crippen molar-refractivity contribution >= 4 is 11.9 Å². The first-order chi connectivity index (χ1) is 34.7. The zero-order valence-corrected chi connectivity index (χ0v) is 42.3. The predicted molar refractivity (Wildman–Crippen MR) is 272 cm³/mol. The van der Waals surface area contributed by atoms with Crippen LogP contribution in [0.25, 0.3) is 0 Å². The molecule has 0 aliphatic carbocycles. The Kier molecular flexibility index (Phi) is 21.7. The van der Waals surface area contributed by atoms with Gasteiger partial charge in [-0.15, -0.1) is 0 Å². The molecule has 0 aromatic carbocycles. The predicted octanol–water partition coefficient (Wildman–Crippen LogP) is 7.72. The third-order valence-corrected chi connectivity index (χ3v) is 14.4. The van der Waals surface area contributed by atoms with Crippen molar-refractivity contribution in [3.8, 4) is 0 Å². The van der Waals surface area contributed by atoms with Crippen LogP contribution in [-0.2, 0) is 47.5 Å². The van der Waals surface area contributed by atoms with Gasteiger partial charge in [-0.25, -0.2) is 9.59 Å². The van der Waals surface area contributed by atoms with E-state index in [2.05, 4.69) is 45.2 Å². The molecule has 72 heavy (non-hydrogen) atoms. The molecule has 0 unspecified atom stereocenters. The number of fused-ring (bicyclic) bond motifs is 6. The summed E-state index contributed by atoms with van der Waals surface area (Å²) in [7, 11) is 0. The molecule has 0 saturated carbocycles. The number of esters is 2. The summed E-state index contributed by atoms with van der Waals surface area (Å²) in [5, 5.41) is 43.1. The summed E-state index contributed by atoms with van der Waals surface area (Å²) in [5.74, 6) is -1.04. The maximum Gasteiger partial charge on any atom is 0.330 e. The van der Waals surface area contributed by atoms with Crippen LogP contribution >= 0.6 is 0 Å². The second-order valence-electron chi connectivity index (χ2n) is 20.7. The van der Waals surface area contributed by atoms with Crippen molar-refractivity contribution in [2.24, 2.45) is 0 Å². The average Bonchev–Trinajstić information content (AvgIpc) is 4.29. The quantitative estimate of drug-likeness (QED) is 0.115. The lowest BCUT2D eigenvalue weighted by atomic mass is 9.97. The van der Waals surface area contributed by atoms with E-state index in [0.29, 0.717) is 51.7 Å². The molecule has 14 heteroatoms. The van der Waals surface area contributed by atoms with Crippen LogP contribution in [0.15, 0.2) is 121 Å². The third-order valence-electron chi connectivity index (χ3n) is 14.4. The van der Waals surface area contributed by atoms with Gasteiger partial charge in [0.15, 0.2) is 0 Å². The Hall–Kier alpha value is -4.06. The molecule has 8 heterocycles. The molecule has 8 aliphatic heterocycles. The van der Waals surface area contributed by atoms with Crippen molar-refractivity contribution in [1.29, 1.82) is 0 Å². The monoisotopic (exact) mass is 1000 g/mol. The van der Waals surface area contributed by atoms with Gasteiger partial charge in [-0.1, -0.05) is 108 Å². The lowest BCUT2D eigenvalue weighted by Gasteiger charge is -2.25. The molecule has 4 N–H and O–H groups in total. The first-order valence-electron chi connectivity index (χ1n) is 26.4. The molecule has 396 valence electrons. The summed E-state index contributed by atoms with van der Waals surface area (Å²) >= 11 is 0. The number of epoxide rings is 2. The number of carbonyl (C=O) groups is 2. The number of hydrogen-bond acceptors (Lipinski definition) is 14. The van der Waals surface area contributed by atoms with Gasteiger partial charge >= 0.3 is 11.9 Å². The summed E-state index contributed by atoms with van der Waals surface area (Å²) in [6.07, 6.45) is 30.7. The highest BCUT2D eigenvalue weighted by Gasteiger charge is 2.48. The van der Waals surface area contributed by atoms with Crippen molar-refractivity contribution in [3.05, 3.63) is 121 Å². The standard InChI is InChI=1S/2C29H40O7/c2*1-19-6-3-7-21-8-4-9-22(34-21)10-5-11-28(32)35-26(18-27-29(36-27)25(31)17-19)24(30)13-12-23-16-20(2)14-15-33-23/h4-5,9,11-14,21-27,29-31H,1,3,6-8,10,15-18H2,2H3;4-5,8,11-14,21-27,29-31H,1,3,6-7,9-10,15-18H2,2H3/b2*11-5-,13-12+/t2*21-,22+,23-,24+,25+,26+,27+,29+/m11/s1. The Morgan fingerprint density at radius 3 is 1.61 bits per heavy atom. The molecule has 8 aliphatic rings. The lowest BCUT2D eigenvalue weighted by molar-refractivity contribution is -0.148. The number of cyclic esters (lactones) is 2. The minimum atomic E-state index is -1.02. The van der Waals surface area contributed by atoms with Gasteiger partial charge in [0.1, 0.15) is 36.6 Å². The normalized spacial score (nSPS) is 38.3. The average molecular weight is 1000 g/mol. The van der Waals surface area contributed by atoms with Gasteiger partial charge in [0.2, 0.25) is 0 Å². The molecule has 8 rings (SSSR count). The minimum absolute atomic E-state index is 0.0194. The summed E-state index contributed by atoms with van der Waals surface area (Å²) in [5.41, 5.74) is 4.46. The van der Waals surface area contributed by atoms with Crippen molar-refractivity contribution in [3.63, 3.8) is 0 Å². The van der Waals surface area contributed by atoms with E-state index in [9.17, 15) is 30.0 Å². The Morgan fingerprint density at radius 2 is 1.07 bits per heavy atom. The van der Waals surface area contributed by atoms with Crippen molar-refractivity contribution in [1.82, 2.24) is 0 Å². The molecular formula is C58H80O14. The fourth-order valence-corrected chi connectivity index (χ4v) is 10.1. The summed E-state index contributed by atoms with van der Waals surface area (Å²) < 4.78 is 46.5. The van der Waals surface area contributed by atoms with E-state index in [-0.39, 0.29) is 61.0 Å². The number of aliphatic hydroxyl groups excluding tert-OH is 4. The van der Waals surface area contributed by atoms with Crippen LogP contribution in [0.4, 0.5) is 0 Å². The fourth-order valence-electron chi connectivity index (χ4n) is 10.1. The van der Waals surface area contributed by atoms with E-state index in [0.717, 1.165) is 75.4 Å². The second kappa shape index (κ2) is 28.0. The number of carbonyl (C=O) groups excluding carboxylic acids is 2. The van der Waals surface area contributed by atoms with E-state index in [1.807, 2.05) is 30.4 Å². The van der Waals surface area contributed by atoms with Crippen molar-refractivity contribution < 1.29 is 67.9 Å². The Morgan fingerprint density at radius 1 is 0.597 bits per heavy atom. The van der Waals surface area contributed by atoms with Crippen LogP contribution in [0.1, 0.15) is 117 Å². The highest BCUT2D eigenvalue weighted by molar-refractivity contribution is 5.82. The molecule has 4 bridgehead atoms. The van der Waals surface area contributed by atoms with Crippen LogP contribution in [0.3, 0.4) is 0 Å². The molecule has 0 amide bonds. The summed E-state index contributed by atoms with van der Waals surface area (Å²) in [4.78, 5) is 25.2. The molecule has 2 saturated heterocycles. The zero-order chi connectivity index (χ0) is 51.0. The molecule has 14 nitrogen and oxygen atoms in total. The fraction of sp³-hybridized carbons (Fsp3) is 0.621. The van der Waals surface area contributed by atoms with Crippen molar-refractivity contribution in [2.75, 3.05) is 13.2 Å². The van der Waals surface area contributed by atoms with E-state index in [1.54, 1.807) is 24.3 Å². The Balaban J connectivity index is 0.000000211. The van der Waals surface area contributed by atoms with Crippen LogP contribution in [0, 0.1) is 0 Å². The molecule has 0 radical (unpaired) electrons. The summed E-state index contributed by atoms with van der Waals surface area (Å²) in [6.45, 7) is 13.5. The third kappa shape index (κ3) is 18.7. The smallest absolute Gasteiger partial charge is 0.330 e. The van der Waals surface area contributed by atoms with Gasteiger partial charge in [-0.05, 0) is 104 Å². The summed E-state index contributed by atoms with van der Waals surface area (Å²) in [6, 6.07) is 0. The van der Waals surface area contributed by atoms with Crippen molar-refractivity contribution in [2.45, 2.75) is 214 Å². The Labute approximate surface area is 426 Å². The van der Waals surface area contributed by atoms with Crippen LogP contribution < -0.4 is 0 Å². The Bertz CT molecular complexity index is 2060. The molecule has 16 atom stereocenters. The van der Waals surface area contributed by atoms with E-state index < -0.39 is 48.6 Å². The molecule has 0 spiro atoms. The van der Waals surface area contributed by atoms with Gasteiger partial charge in [-0.2, -0.15) is 0 Å². The van der Waals surface area contributed by atoms with E-state index in [4.69, 9.17) is 37.9 Å². The molecule has 2 fully saturated rings. The van der Waals surface area contributed by atoms with Gasteiger partial charge in [0, 0.05) is 25.0 Å². The number of aliphatic hydroxyl groups is 4. The van der Waals surface area contributed by atoms with Crippen LogP contribution in [-0.4, -0.2) is 143 Å². The number of rotatable bonds is 6. The topological polar surface area (TPSA) is 196 Å². The maximum atomic E-state index is 12.6. The van der Waals surface area contributed by atoms with Gasteiger partial charge < -0.3 is 58.3 Å². The second-order valence-corrected chi connectivity index (χ2v) is 20.7. The SMILES string of the molecule is C=C1CCC[C@@H]2C=CC[C@@H](C/C=C\C(=O)O[C@H]([C@@H](O)/C=C/[C@@H]3CC(C)=CCO3)C[C@@H]3O[C@H]3[C@@H](O)C1)O2.C=C1CCC[C@@H]2CC=C[C@@H](C/C=C\C(=O)O[C@H]([C@@H](O)/C=C/[C@@H]3CC(C)=CCO3)C[C@@H]3O[C@H]3[C@@H](O)C1)O2. The highest BCUT2D eigenvalue weighted by Crippen LogP contribution is 2.36.